The van der Waals surface area contributed by atoms with Gasteiger partial charge in [0.05, 0.1) is 0 Å². The second-order valence-electron chi connectivity index (χ2n) is 5.67. The van der Waals surface area contributed by atoms with Crippen molar-refractivity contribution in [2.75, 3.05) is 13.1 Å². The molecule has 3 N–H and O–H groups in total. The lowest BCUT2D eigenvalue weighted by Gasteiger charge is -2.14. The smallest absolute Gasteiger partial charge is 0.223 e. The van der Waals surface area contributed by atoms with Crippen molar-refractivity contribution in [2.24, 2.45) is 10.7 Å². The lowest BCUT2D eigenvalue weighted by molar-refractivity contribution is -0.131. The van der Waals surface area contributed by atoms with Crippen LogP contribution in [0, 0.1) is 0 Å². The van der Waals surface area contributed by atoms with Gasteiger partial charge >= 0.3 is 0 Å². The third-order valence-electron chi connectivity index (χ3n) is 3.86. The number of fused-ring (bicyclic) bond motifs is 1. The molecule has 1 heterocycles. The Kier molecular flexibility index (Phi) is 8.98. The minimum atomic E-state index is 0. The van der Waals surface area contributed by atoms with Crippen LogP contribution in [0.25, 0.3) is 0 Å². The number of guanidine groups is 1. The first-order chi connectivity index (χ1) is 10.7. The van der Waals surface area contributed by atoms with Gasteiger partial charge in [-0.1, -0.05) is 37.6 Å². The SMILES string of the molecule is CCCCNC(N)=NCCCC(=O)N1Cc2ccccc2C1.I. The average Bonchev–Trinajstić information content (AvgIpc) is 2.96. The number of aliphatic imine (C=N–C) groups is 1. The molecule has 2 rings (SSSR count). The van der Waals surface area contributed by atoms with Gasteiger partial charge in [0.25, 0.3) is 0 Å². The molecule has 0 aromatic heterocycles. The first kappa shape index (κ1) is 19.7. The lowest BCUT2D eigenvalue weighted by atomic mass is 10.1. The summed E-state index contributed by atoms with van der Waals surface area (Å²) in [7, 11) is 0. The zero-order valence-electron chi connectivity index (χ0n) is 13.8. The zero-order valence-corrected chi connectivity index (χ0v) is 16.1. The molecule has 128 valence electrons. The molecular weight excluding hydrogens is 403 g/mol. The highest BCUT2D eigenvalue weighted by molar-refractivity contribution is 14.0. The summed E-state index contributed by atoms with van der Waals surface area (Å²) in [6, 6.07) is 8.23. The molecule has 1 aliphatic rings. The number of carbonyl (C=O) groups is 1. The molecule has 0 atom stereocenters. The maximum Gasteiger partial charge on any atom is 0.223 e. The predicted molar refractivity (Wildman–Crippen MR) is 105 cm³/mol. The molecule has 0 aliphatic carbocycles. The zero-order chi connectivity index (χ0) is 15.8. The Labute approximate surface area is 155 Å². The molecule has 0 unspecified atom stereocenters. The average molecular weight is 430 g/mol. The number of rotatable bonds is 7. The van der Waals surface area contributed by atoms with Crippen molar-refractivity contribution in [3.63, 3.8) is 0 Å². The third-order valence-corrected chi connectivity index (χ3v) is 3.86. The molecule has 1 aromatic carbocycles. The second kappa shape index (κ2) is 10.5. The maximum absolute atomic E-state index is 12.2. The van der Waals surface area contributed by atoms with E-state index in [1.807, 2.05) is 17.0 Å². The van der Waals surface area contributed by atoms with Gasteiger partial charge in [0, 0.05) is 32.6 Å². The predicted octanol–water partition coefficient (Wildman–Crippen LogP) is 2.63. The van der Waals surface area contributed by atoms with Crippen molar-refractivity contribution in [1.29, 1.82) is 0 Å². The molecule has 0 radical (unpaired) electrons. The molecule has 1 aliphatic heterocycles. The van der Waals surface area contributed by atoms with E-state index in [9.17, 15) is 4.79 Å². The Morgan fingerprint density at radius 2 is 1.91 bits per heavy atom. The van der Waals surface area contributed by atoms with E-state index in [0.717, 1.165) is 38.9 Å². The lowest BCUT2D eigenvalue weighted by Crippen LogP contribution is -2.32. The van der Waals surface area contributed by atoms with E-state index < -0.39 is 0 Å². The molecule has 0 saturated carbocycles. The molecule has 0 spiro atoms. The van der Waals surface area contributed by atoms with Crippen molar-refractivity contribution in [1.82, 2.24) is 10.2 Å². The molecule has 0 saturated heterocycles. The monoisotopic (exact) mass is 430 g/mol. The number of nitrogens with two attached hydrogens (primary N) is 1. The molecular formula is C17H27IN4O. The molecule has 1 amide bonds. The van der Waals surface area contributed by atoms with Crippen LogP contribution in [0.5, 0.6) is 0 Å². The number of unbranched alkanes of at least 4 members (excludes halogenated alkanes) is 1. The van der Waals surface area contributed by atoms with Gasteiger partial charge in [-0.05, 0) is 24.0 Å². The first-order valence-corrected chi connectivity index (χ1v) is 8.09. The highest BCUT2D eigenvalue weighted by Crippen LogP contribution is 2.22. The van der Waals surface area contributed by atoms with Crippen molar-refractivity contribution in [2.45, 2.75) is 45.7 Å². The highest BCUT2D eigenvalue weighted by Gasteiger charge is 2.21. The second-order valence-corrected chi connectivity index (χ2v) is 5.67. The van der Waals surface area contributed by atoms with Crippen LogP contribution >= 0.6 is 24.0 Å². The van der Waals surface area contributed by atoms with Gasteiger partial charge in [-0.3, -0.25) is 9.79 Å². The summed E-state index contributed by atoms with van der Waals surface area (Å²) < 4.78 is 0. The van der Waals surface area contributed by atoms with Crippen molar-refractivity contribution >= 4 is 35.8 Å². The number of hydrogen-bond acceptors (Lipinski definition) is 2. The normalized spacial score (nSPS) is 13.4. The van der Waals surface area contributed by atoms with Gasteiger partial charge in [-0.2, -0.15) is 0 Å². The van der Waals surface area contributed by atoms with Gasteiger partial charge in [0.15, 0.2) is 5.96 Å². The summed E-state index contributed by atoms with van der Waals surface area (Å²) >= 11 is 0. The Bertz CT molecular complexity index is 508. The van der Waals surface area contributed by atoms with Crippen LogP contribution in [0.1, 0.15) is 43.7 Å². The Hall–Kier alpha value is -1.31. The minimum Gasteiger partial charge on any atom is -0.370 e. The van der Waals surface area contributed by atoms with E-state index in [1.54, 1.807) is 0 Å². The number of amides is 1. The van der Waals surface area contributed by atoms with E-state index in [1.165, 1.54) is 11.1 Å². The molecule has 1 aromatic rings. The van der Waals surface area contributed by atoms with Gasteiger partial charge in [-0.25, -0.2) is 0 Å². The van der Waals surface area contributed by atoms with Crippen molar-refractivity contribution < 1.29 is 4.79 Å². The number of halogens is 1. The van der Waals surface area contributed by atoms with E-state index in [2.05, 4.69) is 29.4 Å². The third kappa shape index (κ3) is 6.37. The Balaban J connectivity index is 0.00000264. The van der Waals surface area contributed by atoms with Gasteiger partial charge in [0.2, 0.25) is 5.91 Å². The van der Waals surface area contributed by atoms with Crippen LogP contribution in [0.2, 0.25) is 0 Å². The van der Waals surface area contributed by atoms with Crippen LogP contribution in [-0.4, -0.2) is 29.9 Å². The summed E-state index contributed by atoms with van der Waals surface area (Å²) in [5.41, 5.74) is 8.28. The van der Waals surface area contributed by atoms with Crippen LogP contribution in [-0.2, 0) is 17.9 Å². The fourth-order valence-corrected chi connectivity index (χ4v) is 2.55. The minimum absolute atomic E-state index is 0. The van der Waals surface area contributed by atoms with E-state index in [0.29, 0.717) is 18.9 Å². The number of nitrogens with zero attached hydrogens (tertiary/aromatic N) is 2. The van der Waals surface area contributed by atoms with E-state index in [4.69, 9.17) is 5.73 Å². The van der Waals surface area contributed by atoms with Gasteiger partial charge in [-0.15, -0.1) is 24.0 Å². The van der Waals surface area contributed by atoms with E-state index >= 15 is 0 Å². The Morgan fingerprint density at radius 3 is 2.52 bits per heavy atom. The standard InChI is InChI=1S/C17H26N4O.HI/c1-2-3-10-19-17(18)20-11-6-9-16(22)21-12-14-7-4-5-8-15(14)13-21;/h4-5,7-8H,2-3,6,9-13H2,1H3,(H3,18,19,20);1H. The quantitative estimate of drug-likeness (QED) is 0.303. The largest absolute Gasteiger partial charge is 0.370 e. The molecule has 23 heavy (non-hydrogen) atoms. The van der Waals surface area contributed by atoms with Crippen molar-refractivity contribution in [3.8, 4) is 0 Å². The van der Waals surface area contributed by atoms with Gasteiger partial charge in [0.1, 0.15) is 0 Å². The summed E-state index contributed by atoms with van der Waals surface area (Å²) in [4.78, 5) is 18.4. The van der Waals surface area contributed by atoms with Crippen LogP contribution in [0.3, 0.4) is 0 Å². The summed E-state index contributed by atoms with van der Waals surface area (Å²) in [5, 5.41) is 3.07. The highest BCUT2D eigenvalue weighted by atomic mass is 127. The molecule has 0 bridgehead atoms. The number of hydrogen-bond donors (Lipinski definition) is 2. The molecule has 5 nitrogen and oxygen atoms in total. The summed E-state index contributed by atoms with van der Waals surface area (Å²) in [5.74, 6) is 0.679. The molecule has 0 fully saturated rings. The van der Waals surface area contributed by atoms with Crippen molar-refractivity contribution in [3.05, 3.63) is 35.4 Å². The summed E-state index contributed by atoms with van der Waals surface area (Å²) in [6.07, 6.45) is 3.48. The first-order valence-electron chi connectivity index (χ1n) is 8.09. The fourth-order valence-electron chi connectivity index (χ4n) is 2.55. The van der Waals surface area contributed by atoms with Crippen LogP contribution < -0.4 is 11.1 Å². The van der Waals surface area contributed by atoms with Gasteiger partial charge < -0.3 is 16.0 Å². The van der Waals surface area contributed by atoms with Crippen LogP contribution in [0.15, 0.2) is 29.3 Å². The fraction of sp³-hybridized carbons (Fsp3) is 0.529. The van der Waals surface area contributed by atoms with Crippen LogP contribution in [0.4, 0.5) is 0 Å². The number of carbonyl (C=O) groups excluding carboxylic acids is 1. The topological polar surface area (TPSA) is 70.7 Å². The number of nitrogens with one attached hydrogen (secondary N) is 1. The maximum atomic E-state index is 12.2. The number of benzene rings is 1. The molecule has 6 heteroatoms. The van der Waals surface area contributed by atoms with E-state index in [-0.39, 0.29) is 29.9 Å². The Morgan fingerprint density at radius 1 is 1.26 bits per heavy atom. The summed E-state index contributed by atoms with van der Waals surface area (Å²) in [6.45, 7) is 5.06.